The van der Waals surface area contributed by atoms with Crippen molar-refractivity contribution in [1.29, 1.82) is 0 Å². The second-order valence-electron chi connectivity index (χ2n) is 6.81. The van der Waals surface area contributed by atoms with E-state index in [1.165, 1.54) is 0 Å². The summed E-state index contributed by atoms with van der Waals surface area (Å²) in [6, 6.07) is 13.4. The van der Waals surface area contributed by atoms with Crippen LogP contribution in [0.15, 0.2) is 47.3 Å². The molecule has 0 atom stereocenters. The standard InChI is InChI=1S/C22H23ClN2O2/c1-4-20(26)25(12-16-7-5-6-8-19(16)23)13-17-11-18-14(2)9-10-15(3)21(18)24-22(17)27/h5-11H,4,12-13H2,1-3H3,(H,24,27). The molecule has 0 spiro atoms. The lowest BCUT2D eigenvalue weighted by Crippen LogP contribution is -2.32. The van der Waals surface area contributed by atoms with E-state index >= 15 is 0 Å². The van der Waals surface area contributed by atoms with E-state index in [0.717, 1.165) is 27.6 Å². The SMILES string of the molecule is CCC(=O)N(Cc1ccccc1Cl)Cc1cc2c(C)ccc(C)c2[nH]c1=O. The van der Waals surface area contributed by atoms with Crippen LogP contribution in [0.1, 0.15) is 35.6 Å². The fourth-order valence-electron chi connectivity index (χ4n) is 3.23. The minimum absolute atomic E-state index is 0.0182. The Balaban J connectivity index is 2.00. The Morgan fingerprint density at radius 3 is 2.41 bits per heavy atom. The Bertz CT molecular complexity index is 1060. The van der Waals surface area contributed by atoms with Crippen molar-refractivity contribution >= 4 is 28.4 Å². The molecule has 0 aliphatic rings. The van der Waals surface area contributed by atoms with Crippen molar-refractivity contribution in [2.24, 2.45) is 0 Å². The number of benzene rings is 2. The molecule has 0 aliphatic heterocycles. The highest BCUT2D eigenvalue weighted by molar-refractivity contribution is 6.31. The molecular weight excluding hydrogens is 360 g/mol. The van der Waals surface area contributed by atoms with E-state index in [0.29, 0.717) is 23.6 Å². The van der Waals surface area contributed by atoms with E-state index in [1.54, 1.807) is 11.0 Å². The largest absolute Gasteiger partial charge is 0.334 e. The summed E-state index contributed by atoms with van der Waals surface area (Å²) in [4.78, 5) is 29.8. The number of nitrogens with one attached hydrogen (secondary N) is 1. The number of aromatic amines is 1. The Hall–Kier alpha value is -2.59. The minimum atomic E-state index is -0.163. The van der Waals surface area contributed by atoms with E-state index in [-0.39, 0.29) is 18.0 Å². The van der Waals surface area contributed by atoms with Gasteiger partial charge in [-0.05, 0) is 42.7 Å². The number of rotatable bonds is 5. The van der Waals surface area contributed by atoms with E-state index < -0.39 is 0 Å². The average molecular weight is 383 g/mol. The molecule has 1 amide bonds. The van der Waals surface area contributed by atoms with Gasteiger partial charge in [-0.3, -0.25) is 9.59 Å². The van der Waals surface area contributed by atoms with Gasteiger partial charge >= 0.3 is 0 Å². The van der Waals surface area contributed by atoms with Crippen LogP contribution in [-0.4, -0.2) is 15.8 Å². The molecule has 4 nitrogen and oxygen atoms in total. The van der Waals surface area contributed by atoms with Gasteiger partial charge in [0.25, 0.3) is 5.56 Å². The molecule has 0 saturated carbocycles. The zero-order chi connectivity index (χ0) is 19.6. The lowest BCUT2D eigenvalue weighted by molar-refractivity contribution is -0.132. The highest BCUT2D eigenvalue weighted by Gasteiger charge is 2.17. The monoisotopic (exact) mass is 382 g/mol. The molecule has 140 valence electrons. The van der Waals surface area contributed by atoms with Crippen LogP contribution in [0.3, 0.4) is 0 Å². The number of pyridine rings is 1. The van der Waals surface area contributed by atoms with Crippen LogP contribution in [0.2, 0.25) is 5.02 Å². The van der Waals surface area contributed by atoms with Crippen LogP contribution in [0.4, 0.5) is 0 Å². The van der Waals surface area contributed by atoms with Crippen molar-refractivity contribution in [2.75, 3.05) is 0 Å². The van der Waals surface area contributed by atoms with Gasteiger partial charge in [-0.15, -0.1) is 0 Å². The predicted octanol–water partition coefficient (Wildman–Crippen LogP) is 4.74. The summed E-state index contributed by atoms with van der Waals surface area (Å²) in [5.41, 5.74) is 4.24. The lowest BCUT2D eigenvalue weighted by Gasteiger charge is -2.23. The zero-order valence-electron chi connectivity index (χ0n) is 15.8. The number of fused-ring (bicyclic) bond motifs is 1. The van der Waals surface area contributed by atoms with Gasteiger partial charge in [0.1, 0.15) is 0 Å². The highest BCUT2D eigenvalue weighted by Crippen LogP contribution is 2.22. The molecule has 0 bridgehead atoms. The molecule has 0 fully saturated rings. The van der Waals surface area contributed by atoms with E-state index in [9.17, 15) is 9.59 Å². The summed E-state index contributed by atoms with van der Waals surface area (Å²) in [5, 5.41) is 1.62. The molecule has 0 aliphatic carbocycles. The Morgan fingerprint density at radius 1 is 1.04 bits per heavy atom. The Morgan fingerprint density at radius 2 is 1.70 bits per heavy atom. The molecule has 1 heterocycles. The number of aryl methyl sites for hydroxylation is 2. The average Bonchev–Trinajstić information content (AvgIpc) is 2.66. The molecule has 27 heavy (non-hydrogen) atoms. The second-order valence-corrected chi connectivity index (χ2v) is 7.21. The van der Waals surface area contributed by atoms with Crippen molar-refractivity contribution < 1.29 is 4.79 Å². The van der Waals surface area contributed by atoms with Gasteiger partial charge in [0.15, 0.2) is 0 Å². The number of carbonyl (C=O) groups excluding carboxylic acids is 1. The molecule has 1 N–H and O–H groups in total. The van der Waals surface area contributed by atoms with Crippen molar-refractivity contribution in [3.63, 3.8) is 0 Å². The van der Waals surface area contributed by atoms with Gasteiger partial charge in [0.2, 0.25) is 5.91 Å². The topological polar surface area (TPSA) is 53.2 Å². The number of carbonyl (C=O) groups is 1. The molecule has 5 heteroatoms. The maximum atomic E-state index is 12.6. The third kappa shape index (κ3) is 4.06. The fraction of sp³-hybridized carbons (Fsp3) is 0.273. The number of halogens is 1. The van der Waals surface area contributed by atoms with Crippen molar-refractivity contribution in [3.8, 4) is 0 Å². The van der Waals surface area contributed by atoms with Crippen LogP contribution < -0.4 is 5.56 Å². The Labute approximate surface area is 163 Å². The van der Waals surface area contributed by atoms with E-state index in [1.807, 2.05) is 57.2 Å². The van der Waals surface area contributed by atoms with Gasteiger partial charge in [-0.2, -0.15) is 0 Å². The van der Waals surface area contributed by atoms with Gasteiger partial charge in [-0.25, -0.2) is 0 Å². The summed E-state index contributed by atoms with van der Waals surface area (Å²) in [6.07, 6.45) is 0.369. The predicted molar refractivity (Wildman–Crippen MR) is 110 cm³/mol. The first kappa shape index (κ1) is 19.2. The molecule has 2 aromatic carbocycles. The third-order valence-corrected chi connectivity index (χ3v) is 5.22. The molecule has 3 rings (SSSR count). The van der Waals surface area contributed by atoms with Crippen molar-refractivity contribution in [2.45, 2.75) is 40.3 Å². The highest BCUT2D eigenvalue weighted by atomic mass is 35.5. The molecule has 0 saturated heterocycles. The number of nitrogens with zero attached hydrogens (tertiary/aromatic N) is 1. The number of amides is 1. The van der Waals surface area contributed by atoms with Crippen molar-refractivity contribution in [3.05, 3.63) is 80.1 Å². The maximum absolute atomic E-state index is 12.6. The minimum Gasteiger partial charge on any atom is -0.334 e. The normalized spacial score (nSPS) is 11.0. The summed E-state index contributed by atoms with van der Waals surface area (Å²) in [7, 11) is 0. The third-order valence-electron chi connectivity index (χ3n) is 4.86. The van der Waals surface area contributed by atoms with Gasteiger partial charge in [0, 0.05) is 28.9 Å². The second kappa shape index (κ2) is 7.97. The van der Waals surface area contributed by atoms with Crippen LogP contribution in [0.5, 0.6) is 0 Å². The summed E-state index contributed by atoms with van der Waals surface area (Å²) < 4.78 is 0. The maximum Gasteiger partial charge on any atom is 0.253 e. The lowest BCUT2D eigenvalue weighted by atomic mass is 10.0. The summed E-state index contributed by atoms with van der Waals surface area (Å²) in [6.45, 7) is 6.43. The smallest absolute Gasteiger partial charge is 0.253 e. The van der Waals surface area contributed by atoms with Crippen LogP contribution >= 0.6 is 11.6 Å². The van der Waals surface area contributed by atoms with Gasteiger partial charge in [0.05, 0.1) is 12.1 Å². The van der Waals surface area contributed by atoms with Gasteiger partial charge < -0.3 is 9.88 Å². The number of hydrogen-bond acceptors (Lipinski definition) is 2. The van der Waals surface area contributed by atoms with Crippen LogP contribution in [-0.2, 0) is 17.9 Å². The Kier molecular flexibility index (Phi) is 5.66. The first-order valence-electron chi connectivity index (χ1n) is 9.04. The van der Waals surface area contributed by atoms with Crippen LogP contribution in [0, 0.1) is 13.8 Å². The summed E-state index contributed by atoms with van der Waals surface area (Å²) >= 11 is 6.26. The number of hydrogen-bond donors (Lipinski definition) is 1. The quantitative estimate of drug-likeness (QED) is 0.693. The molecule has 0 unspecified atom stereocenters. The summed E-state index contributed by atoms with van der Waals surface area (Å²) in [5.74, 6) is -0.0182. The molecule has 0 radical (unpaired) electrons. The number of H-pyrrole nitrogens is 1. The van der Waals surface area contributed by atoms with E-state index in [2.05, 4.69) is 4.98 Å². The number of aromatic nitrogens is 1. The van der Waals surface area contributed by atoms with E-state index in [4.69, 9.17) is 11.6 Å². The first-order valence-corrected chi connectivity index (χ1v) is 9.41. The molecule has 1 aromatic heterocycles. The fourth-order valence-corrected chi connectivity index (χ4v) is 3.42. The van der Waals surface area contributed by atoms with Crippen LogP contribution in [0.25, 0.3) is 10.9 Å². The molecule has 3 aromatic rings. The zero-order valence-corrected chi connectivity index (χ0v) is 16.6. The molecular formula is C22H23ClN2O2. The van der Waals surface area contributed by atoms with Crippen molar-refractivity contribution in [1.82, 2.24) is 9.88 Å². The van der Waals surface area contributed by atoms with Gasteiger partial charge in [-0.1, -0.05) is 48.9 Å². The first-order chi connectivity index (χ1) is 12.9.